The molecule has 2 aliphatic rings. The molecule has 2 aliphatic heterocycles. The lowest BCUT2D eigenvalue weighted by Gasteiger charge is -2.47. The maximum absolute atomic E-state index is 12.5. The Labute approximate surface area is 177 Å². The Kier molecular flexibility index (Phi) is 5.42. The number of aromatic nitrogens is 3. The number of nitrogens with zero attached hydrogens (tertiary/aromatic N) is 6. The van der Waals surface area contributed by atoms with Gasteiger partial charge in [-0.2, -0.15) is 0 Å². The van der Waals surface area contributed by atoms with Crippen LogP contribution in [0.5, 0.6) is 0 Å². The van der Waals surface area contributed by atoms with Gasteiger partial charge in [-0.15, -0.1) is 11.3 Å². The molecule has 8 heteroatoms. The first-order valence-corrected chi connectivity index (χ1v) is 11.3. The number of imidazole rings is 1. The van der Waals surface area contributed by atoms with Gasteiger partial charge in [-0.1, -0.05) is 0 Å². The quantitative estimate of drug-likeness (QED) is 0.771. The second-order valence-electron chi connectivity index (χ2n) is 8.93. The van der Waals surface area contributed by atoms with Gasteiger partial charge in [-0.25, -0.2) is 14.8 Å². The van der Waals surface area contributed by atoms with Crippen LogP contribution in [-0.2, 0) is 18.5 Å². The smallest absolute Gasteiger partial charge is 0.319 e. The average Bonchev–Trinajstić information content (AvgIpc) is 3.29. The summed E-state index contributed by atoms with van der Waals surface area (Å²) in [6.07, 6.45) is 3.81. The predicted octanol–water partition coefficient (Wildman–Crippen LogP) is 3.26. The zero-order chi connectivity index (χ0) is 20.8. The maximum atomic E-state index is 12.5. The second kappa shape index (κ2) is 7.72. The van der Waals surface area contributed by atoms with Gasteiger partial charge in [-0.3, -0.25) is 4.90 Å². The average molecular weight is 417 g/mol. The van der Waals surface area contributed by atoms with Crippen LogP contribution in [0.4, 0.5) is 4.79 Å². The highest BCUT2D eigenvalue weighted by Gasteiger charge is 2.46. The van der Waals surface area contributed by atoms with E-state index in [0.29, 0.717) is 6.04 Å². The van der Waals surface area contributed by atoms with Crippen molar-refractivity contribution >= 4 is 17.4 Å². The maximum Gasteiger partial charge on any atom is 0.319 e. The van der Waals surface area contributed by atoms with Gasteiger partial charge >= 0.3 is 6.03 Å². The predicted molar refractivity (Wildman–Crippen MR) is 115 cm³/mol. The highest BCUT2D eigenvalue weighted by atomic mass is 32.1. The van der Waals surface area contributed by atoms with E-state index in [9.17, 15) is 4.79 Å². The Morgan fingerprint density at radius 2 is 2.03 bits per heavy atom. The fourth-order valence-electron chi connectivity index (χ4n) is 5.06. The molecule has 7 nitrogen and oxygen atoms in total. The summed E-state index contributed by atoms with van der Waals surface area (Å²) >= 11 is 1.72. The molecule has 0 atom stereocenters. The highest BCUT2D eigenvalue weighted by molar-refractivity contribution is 7.09. The molecule has 29 heavy (non-hydrogen) atoms. The van der Waals surface area contributed by atoms with Crippen LogP contribution in [0, 0.1) is 6.92 Å². The van der Waals surface area contributed by atoms with Crippen molar-refractivity contribution in [3.63, 3.8) is 0 Å². The van der Waals surface area contributed by atoms with Gasteiger partial charge in [0.05, 0.1) is 17.9 Å². The van der Waals surface area contributed by atoms with Gasteiger partial charge in [0, 0.05) is 63.3 Å². The molecule has 0 radical (unpaired) electrons. The zero-order valence-corrected chi connectivity index (χ0v) is 19.0. The van der Waals surface area contributed by atoms with Crippen molar-refractivity contribution in [2.45, 2.75) is 58.2 Å². The molecule has 2 amide bonds. The van der Waals surface area contributed by atoms with Crippen molar-refractivity contribution in [2.24, 2.45) is 0 Å². The molecule has 1 spiro atoms. The van der Waals surface area contributed by atoms with E-state index in [4.69, 9.17) is 4.98 Å². The van der Waals surface area contributed by atoms with Crippen LogP contribution in [-0.4, -0.2) is 69.0 Å². The van der Waals surface area contributed by atoms with E-state index in [-0.39, 0.29) is 11.4 Å². The van der Waals surface area contributed by atoms with E-state index < -0.39 is 0 Å². The monoisotopic (exact) mass is 416 g/mol. The van der Waals surface area contributed by atoms with Crippen LogP contribution in [0.3, 0.4) is 0 Å². The number of rotatable bonds is 3. The molecule has 2 aromatic heterocycles. The van der Waals surface area contributed by atoms with Crippen molar-refractivity contribution in [1.29, 1.82) is 0 Å². The molecule has 0 unspecified atom stereocenters. The standard InChI is InChI=1S/C21H32N6OS/c1-15(2)27-16(3)23-19-17(27)12-25(13-18-22-8-11-29-18)14-21(19)6-9-26(10-7-21)20(28)24(4)5/h8,11,15H,6-7,9-10,12-14H2,1-5H3. The normalized spacial score (nSPS) is 19.0. The minimum atomic E-state index is 0.0127. The number of carbonyl (C=O) groups is 1. The summed E-state index contributed by atoms with van der Waals surface area (Å²) in [7, 11) is 3.66. The summed E-state index contributed by atoms with van der Waals surface area (Å²) in [6, 6.07) is 0.498. The number of piperidine rings is 1. The minimum Gasteiger partial charge on any atom is -0.331 e. The summed E-state index contributed by atoms with van der Waals surface area (Å²) in [5, 5.41) is 3.21. The van der Waals surface area contributed by atoms with Gasteiger partial charge in [0.25, 0.3) is 0 Å². The molecule has 1 fully saturated rings. The number of aryl methyl sites for hydroxylation is 1. The van der Waals surface area contributed by atoms with Gasteiger partial charge < -0.3 is 14.4 Å². The van der Waals surface area contributed by atoms with Gasteiger partial charge in [-0.05, 0) is 33.6 Å². The third kappa shape index (κ3) is 3.68. The largest absolute Gasteiger partial charge is 0.331 e. The minimum absolute atomic E-state index is 0.0127. The van der Waals surface area contributed by atoms with Gasteiger partial charge in [0.15, 0.2) is 0 Å². The molecule has 2 aromatic rings. The van der Waals surface area contributed by atoms with Crippen LogP contribution in [0.25, 0.3) is 0 Å². The number of urea groups is 1. The first-order valence-electron chi connectivity index (χ1n) is 10.5. The number of likely N-dealkylation sites (tertiary alicyclic amines) is 1. The van der Waals surface area contributed by atoms with E-state index in [1.165, 1.54) is 11.4 Å². The number of hydrogen-bond donors (Lipinski definition) is 0. The fraction of sp³-hybridized carbons (Fsp3) is 0.667. The Hall–Kier alpha value is -1.93. The van der Waals surface area contributed by atoms with Crippen LogP contribution in [0.2, 0.25) is 0 Å². The number of amides is 2. The Balaban J connectivity index is 1.66. The summed E-state index contributed by atoms with van der Waals surface area (Å²) in [4.78, 5) is 28.3. The number of fused-ring (bicyclic) bond motifs is 2. The Morgan fingerprint density at radius 1 is 1.31 bits per heavy atom. The van der Waals surface area contributed by atoms with Gasteiger partial charge in [0.2, 0.25) is 0 Å². The molecule has 158 valence electrons. The molecular formula is C21H32N6OS. The highest BCUT2D eigenvalue weighted by Crippen LogP contribution is 2.43. The summed E-state index contributed by atoms with van der Waals surface area (Å²) in [6.45, 7) is 10.9. The van der Waals surface area contributed by atoms with E-state index in [0.717, 1.165) is 56.4 Å². The Bertz CT molecular complexity index is 864. The first-order chi connectivity index (χ1) is 13.8. The molecule has 4 heterocycles. The van der Waals surface area contributed by atoms with Crippen molar-refractivity contribution in [3.8, 4) is 0 Å². The first kappa shape index (κ1) is 20.3. The molecule has 0 aromatic carbocycles. The van der Waals surface area contributed by atoms with Crippen molar-refractivity contribution in [1.82, 2.24) is 29.2 Å². The summed E-state index contributed by atoms with van der Waals surface area (Å²) in [5.41, 5.74) is 2.64. The molecule has 0 saturated carbocycles. The van der Waals surface area contributed by atoms with Crippen molar-refractivity contribution in [2.75, 3.05) is 33.7 Å². The number of carbonyl (C=O) groups excluding carboxylic acids is 1. The van der Waals surface area contributed by atoms with Crippen LogP contribution >= 0.6 is 11.3 Å². The zero-order valence-electron chi connectivity index (χ0n) is 18.2. The molecule has 4 rings (SSSR count). The van der Waals surface area contributed by atoms with E-state index in [1.807, 2.05) is 30.6 Å². The molecular weight excluding hydrogens is 384 g/mol. The third-order valence-electron chi connectivity index (χ3n) is 6.32. The summed E-state index contributed by atoms with van der Waals surface area (Å²) < 4.78 is 2.41. The van der Waals surface area contributed by atoms with Gasteiger partial charge in [0.1, 0.15) is 10.8 Å². The van der Waals surface area contributed by atoms with Crippen molar-refractivity contribution < 1.29 is 4.79 Å². The van der Waals surface area contributed by atoms with Crippen LogP contribution in [0.1, 0.15) is 55.0 Å². The SMILES string of the molecule is Cc1nc2c(n1C(C)C)CN(Cc1nccs1)CC21CCN(C(=O)N(C)C)CC1. The topological polar surface area (TPSA) is 57.5 Å². The lowest BCUT2D eigenvalue weighted by atomic mass is 9.72. The lowest BCUT2D eigenvalue weighted by Crippen LogP contribution is -2.54. The lowest BCUT2D eigenvalue weighted by molar-refractivity contribution is 0.0914. The van der Waals surface area contributed by atoms with Crippen LogP contribution < -0.4 is 0 Å². The third-order valence-corrected chi connectivity index (χ3v) is 7.09. The van der Waals surface area contributed by atoms with E-state index in [1.54, 1.807) is 16.2 Å². The Morgan fingerprint density at radius 3 is 2.62 bits per heavy atom. The molecule has 1 saturated heterocycles. The van der Waals surface area contributed by atoms with Crippen molar-refractivity contribution in [3.05, 3.63) is 33.8 Å². The van der Waals surface area contributed by atoms with E-state index in [2.05, 4.69) is 35.2 Å². The number of thiazole rings is 1. The molecule has 0 aliphatic carbocycles. The summed E-state index contributed by atoms with van der Waals surface area (Å²) in [5.74, 6) is 1.10. The van der Waals surface area contributed by atoms with E-state index >= 15 is 0 Å². The number of hydrogen-bond acceptors (Lipinski definition) is 5. The molecule has 0 bridgehead atoms. The van der Waals surface area contributed by atoms with Crippen LogP contribution in [0.15, 0.2) is 11.6 Å². The second-order valence-corrected chi connectivity index (χ2v) is 9.91. The molecule has 0 N–H and O–H groups in total. The fourth-order valence-corrected chi connectivity index (χ4v) is 5.72.